The third-order valence-electron chi connectivity index (χ3n) is 7.23. The summed E-state index contributed by atoms with van der Waals surface area (Å²) in [6, 6.07) is 32.9. The first-order valence-corrected chi connectivity index (χ1v) is 13.6. The molecule has 0 N–H and O–H groups in total. The van der Waals surface area contributed by atoms with Gasteiger partial charge in [-0.15, -0.1) is 0 Å². The minimum atomic E-state index is -0.299. The molecule has 0 radical (unpaired) electrons. The predicted molar refractivity (Wildman–Crippen MR) is 151 cm³/mol. The van der Waals surface area contributed by atoms with Crippen LogP contribution in [0.1, 0.15) is 81.9 Å². The zero-order valence-corrected chi connectivity index (χ0v) is 22.1. The van der Waals surface area contributed by atoms with E-state index in [0.29, 0.717) is 18.1 Å². The van der Waals surface area contributed by atoms with Crippen LogP contribution in [0.4, 0.5) is 0 Å². The predicted octanol–water partition coefficient (Wildman–Crippen LogP) is 8.90. The van der Waals surface area contributed by atoms with Crippen molar-refractivity contribution in [2.75, 3.05) is 6.61 Å². The van der Waals surface area contributed by atoms with Crippen molar-refractivity contribution in [2.45, 2.75) is 70.6 Å². The topological polar surface area (TPSA) is 26.3 Å². The highest BCUT2D eigenvalue weighted by Gasteiger charge is 2.42. The maximum atomic E-state index is 12.0. The Balaban J connectivity index is 2.05. The molecule has 0 spiro atoms. The quantitative estimate of drug-likeness (QED) is 0.0935. The third-order valence-corrected chi connectivity index (χ3v) is 7.23. The second-order valence-electron chi connectivity index (χ2n) is 9.86. The molecule has 3 aromatic carbocycles. The van der Waals surface area contributed by atoms with Crippen LogP contribution in [-0.4, -0.2) is 12.6 Å². The lowest BCUT2D eigenvalue weighted by molar-refractivity contribution is -0.139. The van der Waals surface area contributed by atoms with Crippen LogP contribution in [0.2, 0.25) is 0 Å². The maximum Gasteiger partial charge on any atom is 0.333 e. The fraction of sp³-hybridized carbons (Fsp3) is 0.382. The smallest absolute Gasteiger partial charge is 0.333 e. The summed E-state index contributed by atoms with van der Waals surface area (Å²) in [5.74, 6) is 0.0569. The molecule has 0 saturated heterocycles. The Kier molecular flexibility index (Phi) is 11.0. The highest BCUT2D eigenvalue weighted by Crippen LogP contribution is 2.49. The normalized spacial score (nSPS) is 12.2. The highest BCUT2D eigenvalue weighted by atomic mass is 16.5. The van der Waals surface area contributed by atoms with Crippen molar-refractivity contribution < 1.29 is 9.53 Å². The van der Waals surface area contributed by atoms with E-state index in [1.54, 1.807) is 6.92 Å². The third kappa shape index (κ3) is 6.97. The van der Waals surface area contributed by atoms with Gasteiger partial charge in [0.1, 0.15) is 0 Å². The van der Waals surface area contributed by atoms with Crippen LogP contribution < -0.4 is 0 Å². The minimum Gasteiger partial charge on any atom is -0.462 e. The van der Waals surface area contributed by atoms with Crippen molar-refractivity contribution in [2.24, 2.45) is 5.92 Å². The first kappa shape index (κ1) is 27.5. The van der Waals surface area contributed by atoms with E-state index in [9.17, 15) is 4.79 Å². The van der Waals surface area contributed by atoms with Gasteiger partial charge in [0.15, 0.2) is 0 Å². The van der Waals surface area contributed by atoms with Gasteiger partial charge < -0.3 is 4.74 Å². The van der Waals surface area contributed by atoms with Gasteiger partial charge in [0.25, 0.3) is 0 Å². The van der Waals surface area contributed by atoms with Crippen molar-refractivity contribution in [1.29, 1.82) is 0 Å². The summed E-state index contributed by atoms with van der Waals surface area (Å²) in [6.07, 6.45) is 9.20. The number of rotatable bonds is 15. The van der Waals surface area contributed by atoms with Crippen LogP contribution >= 0.6 is 0 Å². The Bertz CT molecular complexity index is 944. The van der Waals surface area contributed by atoms with Crippen molar-refractivity contribution in [1.82, 2.24) is 0 Å². The molecule has 1 unspecified atom stereocenters. The second kappa shape index (κ2) is 14.4. The zero-order valence-electron chi connectivity index (χ0n) is 22.1. The average molecular weight is 483 g/mol. The Morgan fingerprint density at radius 2 is 1.17 bits per heavy atom. The lowest BCUT2D eigenvalue weighted by Gasteiger charge is -2.43. The molecule has 190 valence electrons. The molecule has 0 fully saturated rings. The van der Waals surface area contributed by atoms with E-state index >= 15 is 0 Å². The van der Waals surface area contributed by atoms with E-state index in [0.717, 1.165) is 19.3 Å². The van der Waals surface area contributed by atoms with Crippen molar-refractivity contribution >= 4 is 5.97 Å². The van der Waals surface area contributed by atoms with Gasteiger partial charge in [0.2, 0.25) is 0 Å². The summed E-state index contributed by atoms with van der Waals surface area (Å²) in [6.45, 7) is 8.11. The minimum absolute atomic E-state index is 0.285. The van der Waals surface area contributed by atoms with Gasteiger partial charge in [0.05, 0.1) is 6.61 Å². The number of benzene rings is 3. The molecule has 0 aromatic heterocycles. The largest absolute Gasteiger partial charge is 0.462 e. The van der Waals surface area contributed by atoms with Crippen LogP contribution in [0.15, 0.2) is 103 Å². The van der Waals surface area contributed by atoms with Crippen LogP contribution in [0.5, 0.6) is 0 Å². The summed E-state index contributed by atoms with van der Waals surface area (Å²) < 4.78 is 5.50. The van der Waals surface area contributed by atoms with E-state index in [4.69, 9.17) is 4.74 Å². The number of carbonyl (C=O) groups excluding carboxylic acids is 1. The number of hydrogen-bond donors (Lipinski definition) is 0. The summed E-state index contributed by atoms with van der Waals surface area (Å²) in [4.78, 5) is 12.0. The van der Waals surface area contributed by atoms with Crippen LogP contribution in [0, 0.1) is 5.92 Å². The Labute approximate surface area is 218 Å². The van der Waals surface area contributed by atoms with Crippen molar-refractivity contribution in [3.63, 3.8) is 0 Å². The summed E-state index contributed by atoms with van der Waals surface area (Å²) >= 11 is 0. The molecule has 0 aliphatic rings. The lowest BCUT2D eigenvalue weighted by Crippen LogP contribution is -2.38. The highest BCUT2D eigenvalue weighted by molar-refractivity contribution is 5.86. The van der Waals surface area contributed by atoms with E-state index in [2.05, 4.69) is 104 Å². The molecular weight excluding hydrogens is 440 g/mol. The number of unbranched alkanes of at least 4 members (excludes halogenated alkanes) is 4. The fourth-order valence-electron chi connectivity index (χ4n) is 5.50. The summed E-state index contributed by atoms with van der Waals surface area (Å²) in [5, 5.41) is 0. The van der Waals surface area contributed by atoms with Crippen LogP contribution in [0.3, 0.4) is 0 Å². The van der Waals surface area contributed by atoms with Gasteiger partial charge in [-0.05, 0) is 48.8 Å². The molecule has 0 amide bonds. The molecule has 36 heavy (non-hydrogen) atoms. The van der Waals surface area contributed by atoms with Gasteiger partial charge in [-0.3, -0.25) is 0 Å². The molecule has 0 aliphatic carbocycles. The maximum absolute atomic E-state index is 12.0. The SMILES string of the molecule is C=C(C)C(=O)OCCCC(CCCCCCC)C(c1ccccc1)(c1ccccc1)c1ccccc1. The fourth-order valence-corrected chi connectivity index (χ4v) is 5.50. The van der Waals surface area contributed by atoms with Crippen molar-refractivity contribution in [3.05, 3.63) is 120 Å². The standard InChI is InChI=1S/C34H42O2/c1-4-5-6-7-11-19-32(26-18-27-36-33(35)28(2)3)34(29-20-12-8-13-21-29,30-22-14-9-15-23-30)31-24-16-10-17-25-31/h8-10,12-17,20-25,32H,2,4-7,11,18-19,26-27H2,1,3H3. The van der Waals surface area contributed by atoms with E-state index < -0.39 is 0 Å². The number of carbonyl (C=O) groups is 1. The van der Waals surface area contributed by atoms with E-state index in [1.165, 1.54) is 48.8 Å². The van der Waals surface area contributed by atoms with Crippen molar-refractivity contribution in [3.8, 4) is 0 Å². The molecule has 3 rings (SSSR count). The number of hydrogen-bond acceptors (Lipinski definition) is 2. The Hall–Kier alpha value is -3.13. The van der Waals surface area contributed by atoms with E-state index in [1.807, 2.05) is 0 Å². The van der Waals surface area contributed by atoms with Gasteiger partial charge in [-0.1, -0.05) is 137 Å². The summed E-state index contributed by atoms with van der Waals surface area (Å²) in [7, 11) is 0. The molecule has 0 aliphatic heterocycles. The first-order valence-electron chi connectivity index (χ1n) is 13.6. The first-order chi connectivity index (χ1) is 17.6. The molecule has 1 atom stereocenters. The van der Waals surface area contributed by atoms with Gasteiger partial charge >= 0.3 is 5.97 Å². The molecular formula is C34H42O2. The van der Waals surface area contributed by atoms with Gasteiger partial charge in [0, 0.05) is 11.0 Å². The van der Waals surface area contributed by atoms with Gasteiger partial charge in [-0.2, -0.15) is 0 Å². The Morgan fingerprint density at radius 1 is 0.722 bits per heavy atom. The number of esters is 1. The molecule has 0 heterocycles. The molecule has 3 aromatic rings. The van der Waals surface area contributed by atoms with E-state index in [-0.39, 0.29) is 11.4 Å². The van der Waals surface area contributed by atoms with Crippen LogP contribution in [-0.2, 0) is 14.9 Å². The van der Waals surface area contributed by atoms with Crippen LogP contribution in [0.25, 0.3) is 0 Å². The van der Waals surface area contributed by atoms with Gasteiger partial charge in [-0.25, -0.2) is 4.79 Å². The Morgan fingerprint density at radius 3 is 1.61 bits per heavy atom. The second-order valence-corrected chi connectivity index (χ2v) is 9.86. The molecule has 0 bridgehead atoms. The molecule has 0 saturated carbocycles. The number of ether oxygens (including phenoxy) is 1. The summed E-state index contributed by atoms with van der Waals surface area (Å²) in [5.41, 5.74) is 4.13. The molecule has 2 heteroatoms. The lowest BCUT2D eigenvalue weighted by atomic mass is 9.59. The average Bonchev–Trinajstić information content (AvgIpc) is 2.92. The monoisotopic (exact) mass is 482 g/mol. The molecule has 2 nitrogen and oxygen atoms in total. The zero-order chi connectivity index (χ0) is 25.6.